The van der Waals surface area contributed by atoms with Gasteiger partial charge in [-0.05, 0) is 44.4 Å². The Kier molecular flexibility index (Phi) is 3.58. The minimum Gasteiger partial charge on any atom is -0.0850 e. The van der Waals surface area contributed by atoms with E-state index >= 15 is 0 Å². The van der Waals surface area contributed by atoms with Crippen LogP contribution in [0.1, 0.15) is 47.0 Å². The van der Waals surface area contributed by atoms with Gasteiger partial charge < -0.3 is 0 Å². The second-order valence-electron chi connectivity index (χ2n) is 4.99. The highest BCUT2D eigenvalue weighted by Gasteiger charge is 2.33. The third-order valence-corrected chi connectivity index (χ3v) is 3.89. The van der Waals surface area contributed by atoms with E-state index < -0.39 is 0 Å². The Hall–Kier alpha value is -0.520. The fourth-order valence-corrected chi connectivity index (χ4v) is 2.04. The smallest absolute Gasteiger partial charge is 0.0113 e. The van der Waals surface area contributed by atoms with Gasteiger partial charge in [0.05, 0.1) is 0 Å². The van der Waals surface area contributed by atoms with Crippen molar-refractivity contribution >= 4 is 0 Å². The summed E-state index contributed by atoms with van der Waals surface area (Å²) in [5.41, 5.74) is 3.23. The number of allylic oxidation sites excluding steroid dienone is 4. The van der Waals surface area contributed by atoms with Crippen molar-refractivity contribution < 1.29 is 0 Å². The highest BCUT2D eigenvalue weighted by molar-refractivity contribution is 5.19. The molecule has 0 aromatic carbocycles. The second kappa shape index (κ2) is 4.33. The highest BCUT2D eigenvalue weighted by atomic mass is 14.4. The predicted molar refractivity (Wildman–Crippen MR) is 64.0 cm³/mol. The van der Waals surface area contributed by atoms with Crippen LogP contribution in [0.15, 0.2) is 23.3 Å². The van der Waals surface area contributed by atoms with Crippen LogP contribution in [-0.2, 0) is 0 Å². The van der Waals surface area contributed by atoms with E-state index in [1.807, 2.05) is 0 Å². The van der Waals surface area contributed by atoms with Crippen LogP contribution < -0.4 is 0 Å². The molecule has 79 valence electrons. The first-order chi connectivity index (χ1) is 6.48. The lowest BCUT2D eigenvalue weighted by molar-refractivity contribution is 0.294. The molecule has 0 N–H and O–H groups in total. The van der Waals surface area contributed by atoms with E-state index in [1.165, 1.54) is 18.4 Å². The molecule has 0 heterocycles. The van der Waals surface area contributed by atoms with Crippen molar-refractivity contribution in [3.05, 3.63) is 30.2 Å². The van der Waals surface area contributed by atoms with Gasteiger partial charge in [-0.15, -0.1) is 0 Å². The first-order valence-corrected chi connectivity index (χ1v) is 5.66. The molecule has 1 unspecified atom stereocenters. The molecule has 0 bridgehead atoms. The molecule has 1 aliphatic carbocycles. The van der Waals surface area contributed by atoms with Gasteiger partial charge in [0.25, 0.3) is 0 Å². The molecule has 0 nitrogen and oxygen atoms in total. The van der Waals surface area contributed by atoms with Gasteiger partial charge >= 0.3 is 0 Å². The van der Waals surface area contributed by atoms with Crippen molar-refractivity contribution in [1.82, 2.24) is 0 Å². The summed E-state index contributed by atoms with van der Waals surface area (Å²) in [6.45, 7) is 13.2. The zero-order valence-corrected chi connectivity index (χ0v) is 10.1. The zero-order chi connectivity index (χ0) is 10.8. The SMILES string of the molecule is [CH2]C(=CCC1CC=C(C)C1(C)C)CC. The Morgan fingerprint density at radius 3 is 2.71 bits per heavy atom. The molecule has 0 aromatic heterocycles. The van der Waals surface area contributed by atoms with Crippen LogP contribution in [0.4, 0.5) is 0 Å². The summed E-state index contributed by atoms with van der Waals surface area (Å²) in [4.78, 5) is 0. The average molecular weight is 191 g/mol. The van der Waals surface area contributed by atoms with Crippen LogP contribution >= 0.6 is 0 Å². The van der Waals surface area contributed by atoms with Gasteiger partial charge in [0.15, 0.2) is 0 Å². The third kappa shape index (κ3) is 2.29. The zero-order valence-electron chi connectivity index (χ0n) is 10.1. The molecular weight excluding hydrogens is 168 g/mol. The van der Waals surface area contributed by atoms with E-state index in [4.69, 9.17) is 0 Å². The maximum atomic E-state index is 4.03. The molecule has 0 fully saturated rings. The molecule has 0 amide bonds. The molecule has 0 spiro atoms. The van der Waals surface area contributed by atoms with Gasteiger partial charge in [0, 0.05) is 0 Å². The Balaban J connectivity index is 2.58. The molecule has 0 heteroatoms. The van der Waals surface area contributed by atoms with Crippen molar-refractivity contribution in [2.45, 2.75) is 47.0 Å². The summed E-state index contributed by atoms with van der Waals surface area (Å²) in [7, 11) is 0. The van der Waals surface area contributed by atoms with Crippen LogP contribution in [0.5, 0.6) is 0 Å². The van der Waals surface area contributed by atoms with E-state index in [9.17, 15) is 0 Å². The lowest BCUT2D eigenvalue weighted by Crippen LogP contribution is -2.19. The first-order valence-electron chi connectivity index (χ1n) is 5.66. The highest BCUT2D eigenvalue weighted by Crippen LogP contribution is 2.44. The third-order valence-electron chi connectivity index (χ3n) is 3.89. The van der Waals surface area contributed by atoms with E-state index in [0.29, 0.717) is 5.41 Å². The Bertz CT molecular complexity index is 253. The lowest BCUT2D eigenvalue weighted by Gasteiger charge is -2.29. The minimum atomic E-state index is 0.393. The minimum absolute atomic E-state index is 0.393. The Morgan fingerprint density at radius 2 is 2.29 bits per heavy atom. The summed E-state index contributed by atoms with van der Waals surface area (Å²) in [6, 6.07) is 0. The van der Waals surface area contributed by atoms with Crippen LogP contribution in [0.3, 0.4) is 0 Å². The first kappa shape index (κ1) is 11.6. The molecule has 1 radical (unpaired) electrons. The van der Waals surface area contributed by atoms with E-state index in [-0.39, 0.29) is 0 Å². The van der Waals surface area contributed by atoms with Crippen LogP contribution in [0, 0.1) is 18.3 Å². The molecule has 1 atom stereocenters. The topological polar surface area (TPSA) is 0 Å². The van der Waals surface area contributed by atoms with Gasteiger partial charge in [0.2, 0.25) is 0 Å². The fourth-order valence-electron chi connectivity index (χ4n) is 2.04. The van der Waals surface area contributed by atoms with Crippen LogP contribution in [0.25, 0.3) is 0 Å². The van der Waals surface area contributed by atoms with Gasteiger partial charge in [-0.3, -0.25) is 0 Å². The number of rotatable bonds is 3. The summed E-state index contributed by atoms with van der Waals surface area (Å²) in [6.07, 6.45) is 8.23. The van der Waals surface area contributed by atoms with Crippen molar-refractivity contribution in [3.63, 3.8) is 0 Å². The molecule has 0 saturated carbocycles. The molecule has 14 heavy (non-hydrogen) atoms. The van der Waals surface area contributed by atoms with Gasteiger partial charge in [0.1, 0.15) is 0 Å². The van der Waals surface area contributed by atoms with E-state index in [2.05, 4.69) is 46.8 Å². The average Bonchev–Trinajstić information content (AvgIpc) is 2.39. The van der Waals surface area contributed by atoms with Crippen molar-refractivity contribution in [3.8, 4) is 0 Å². The molecule has 0 aromatic rings. The molecular formula is C14H23. The normalized spacial score (nSPS) is 26.5. The summed E-state index contributed by atoms with van der Waals surface area (Å²) in [5, 5.41) is 0. The monoisotopic (exact) mass is 191 g/mol. The molecule has 1 aliphatic rings. The van der Waals surface area contributed by atoms with Gasteiger partial charge in [-0.2, -0.15) is 0 Å². The molecule has 0 saturated heterocycles. The Labute approximate surface area is 89.1 Å². The van der Waals surface area contributed by atoms with Crippen molar-refractivity contribution in [2.24, 2.45) is 11.3 Å². The van der Waals surface area contributed by atoms with Gasteiger partial charge in [-0.1, -0.05) is 44.1 Å². The van der Waals surface area contributed by atoms with Gasteiger partial charge in [-0.25, -0.2) is 0 Å². The maximum Gasteiger partial charge on any atom is -0.0113 e. The van der Waals surface area contributed by atoms with Crippen LogP contribution in [0.2, 0.25) is 0 Å². The fraction of sp³-hybridized carbons (Fsp3) is 0.643. The quantitative estimate of drug-likeness (QED) is 0.574. The van der Waals surface area contributed by atoms with Crippen LogP contribution in [-0.4, -0.2) is 0 Å². The lowest BCUT2D eigenvalue weighted by atomic mass is 9.76. The second-order valence-corrected chi connectivity index (χ2v) is 4.99. The standard InChI is InChI=1S/C14H23/c1-6-11(2)7-9-13-10-8-12(3)14(13,4)5/h7-8,13H,2,6,9-10H2,1,3-5H3. The predicted octanol–water partition coefficient (Wildman–Crippen LogP) is 4.54. The number of hydrogen-bond acceptors (Lipinski definition) is 0. The van der Waals surface area contributed by atoms with E-state index in [1.54, 1.807) is 5.57 Å². The molecule has 0 aliphatic heterocycles. The maximum absolute atomic E-state index is 4.03. The summed E-state index contributed by atoms with van der Waals surface area (Å²) < 4.78 is 0. The Morgan fingerprint density at radius 1 is 1.64 bits per heavy atom. The van der Waals surface area contributed by atoms with E-state index in [0.717, 1.165) is 12.3 Å². The van der Waals surface area contributed by atoms with Crippen molar-refractivity contribution in [1.29, 1.82) is 0 Å². The van der Waals surface area contributed by atoms with Crippen molar-refractivity contribution in [2.75, 3.05) is 0 Å². The largest absolute Gasteiger partial charge is 0.0850 e. The number of hydrogen-bond donors (Lipinski definition) is 0. The summed E-state index contributed by atoms with van der Waals surface area (Å²) >= 11 is 0. The summed E-state index contributed by atoms with van der Waals surface area (Å²) in [5.74, 6) is 0.783. The molecule has 1 rings (SSSR count).